The van der Waals surface area contributed by atoms with Gasteiger partial charge in [0.1, 0.15) is 0 Å². The number of pyridine rings is 1. The van der Waals surface area contributed by atoms with Gasteiger partial charge in [0.05, 0.1) is 5.03 Å². The van der Waals surface area contributed by atoms with E-state index in [1.165, 1.54) is 3.57 Å². The minimum absolute atomic E-state index is 0.791. The fourth-order valence-electron chi connectivity index (χ4n) is 0.610. The van der Waals surface area contributed by atoms with Crippen LogP contribution in [0, 0.1) is 3.57 Å². The molecule has 0 spiro atoms. The molecule has 0 saturated heterocycles. The molecule has 1 heterocycles. The number of thiol groups is 1. The Bertz CT molecular complexity index is 178. The summed E-state index contributed by atoms with van der Waals surface area (Å²) >= 11 is 6.35. The van der Waals surface area contributed by atoms with Crippen LogP contribution in [0.3, 0.4) is 0 Å². The van der Waals surface area contributed by atoms with Crippen molar-refractivity contribution in [1.82, 2.24) is 4.98 Å². The minimum Gasteiger partial charge on any atom is -0.258 e. The van der Waals surface area contributed by atoms with Crippen LogP contribution in [0.4, 0.5) is 0 Å². The van der Waals surface area contributed by atoms with E-state index < -0.39 is 0 Å². The largest absolute Gasteiger partial charge is 0.258 e. The predicted octanol–water partition coefficient (Wildman–Crippen LogP) is 0.233. The van der Waals surface area contributed by atoms with Crippen LogP contribution in [0.25, 0.3) is 0 Å². The van der Waals surface area contributed by atoms with E-state index in [0.29, 0.717) is 0 Å². The van der Waals surface area contributed by atoms with Crippen LogP contribution in [0.15, 0.2) is 17.2 Å². The fourth-order valence-corrected chi connectivity index (χ4v) is 1.90. The zero-order chi connectivity index (χ0) is 6.85. The first-order chi connectivity index (χ1) is 4.18. The van der Waals surface area contributed by atoms with Crippen molar-refractivity contribution in [3.8, 4) is 0 Å². The summed E-state index contributed by atoms with van der Waals surface area (Å²) in [5, 5.41) is 0.791. The Morgan fingerprint density at radius 3 is 2.67 bits per heavy atom. The molecule has 0 amide bonds. The molecule has 0 N–H and O–H groups in total. The van der Waals surface area contributed by atoms with E-state index in [9.17, 15) is 0 Å². The second-order valence-corrected chi connectivity index (χ2v) is 3.49. The second kappa shape index (κ2) is 2.92. The molecule has 9 heavy (non-hydrogen) atoms. The highest BCUT2D eigenvalue weighted by Crippen LogP contribution is 2.05. The van der Waals surface area contributed by atoms with E-state index in [2.05, 4.69) is 40.2 Å². The van der Waals surface area contributed by atoms with Gasteiger partial charge in [-0.2, -0.15) is 0 Å². The van der Waals surface area contributed by atoms with Gasteiger partial charge in [-0.05, 0) is 40.3 Å². The summed E-state index contributed by atoms with van der Waals surface area (Å²) in [6.07, 6.45) is 0. The number of halogens is 1. The van der Waals surface area contributed by atoms with Crippen molar-refractivity contribution in [3.05, 3.63) is 15.7 Å². The molecule has 1 aromatic rings. The third-order valence-corrected chi connectivity index (χ3v) is 1.76. The summed E-state index contributed by atoms with van der Waals surface area (Å²) in [4.78, 5) is 4.09. The van der Waals surface area contributed by atoms with Crippen molar-refractivity contribution in [2.45, 2.75) is 5.03 Å². The van der Waals surface area contributed by atoms with Gasteiger partial charge in [0, 0.05) is 3.57 Å². The van der Waals surface area contributed by atoms with Crippen molar-refractivity contribution in [3.63, 3.8) is 0 Å². The summed E-state index contributed by atoms with van der Waals surface area (Å²) < 4.78 is 1.19. The van der Waals surface area contributed by atoms with E-state index in [1.807, 2.05) is 20.0 Å². The van der Waals surface area contributed by atoms with Gasteiger partial charge in [0.2, 0.25) is 0 Å². The lowest BCUT2D eigenvalue weighted by atomic mass is 10.1. The quantitative estimate of drug-likeness (QED) is 0.394. The van der Waals surface area contributed by atoms with Crippen LogP contribution in [-0.4, -0.2) is 12.8 Å². The monoisotopic (exact) mass is 249 g/mol. The third-order valence-electron chi connectivity index (χ3n) is 0.905. The third kappa shape index (κ3) is 2.17. The first-order valence-corrected chi connectivity index (χ1v) is 4.04. The molecule has 46 valence electrons. The van der Waals surface area contributed by atoms with Gasteiger partial charge in [-0.25, -0.2) is 0 Å². The molecular formula is C5H5BINS. The van der Waals surface area contributed by atoms with Gasteiger partial charge in [-0.3, -0.25) is 4.98 Å². The summed E-state index contributed by atoms with van der Waals surface area (Å²) in [5.41, 5.74) is 1.02. The Morgan fingerprint density at radius 1 is 1.56 bits per heavy atom. The first-order valence-electron chi connectivity index (χ1n) is 2.51. The highest BCUT2D eigenvalue weighted by Gasteiger charge is 1.90. The minimum atomic E-state index is 0.791. The number of hydrogen-bond acceptors (Lipinski definition) is 2. The maximum Gasteiger partial charge on any atom is 0.164 e. The van der Waals surface area contributed by atoms with E-state index in [-0.39, 0.29) is 0 Å². The van der Waals surface area contributed by atoms with Crippen molar-refractivity contribution in [2.75, 3.05) is 0 Å². The summed E-state index contributed by atoms with van der Waals surface area (Å²) in [5.74, 6) is 0. The zero-order valence-corrected chi connectivity index (χ0v) is 7.98. The maximum atomic E-state index is 4.11. The molecule has 0 saturated carbocycles. The van der Waals surface area contributed by atoms with Gasteiger partial charge in [0.25, 0.3) is 0 Å². The van der Waals surface area contributed by atoms with Crippen LogP contribution in [0.5, 0.6) is 0 Å². The van der Waals surface area contributed by atoms with Crippen molar-refractivity contribution >= 4 is 48.7 Å². The Hall–Kier alpha value is 0.295. The maximum absolute atomic E-state index is 4.11. The predicted molar refractivity (Wildman–Crippen MR) is 52.4 cm³/mol. The van der Waals surface area contributed by atoms with E-state index >= 15 is 0 Å². The van der Waals surface area contributed by atoms with Crippen LogP contribution < -0.4 is 5.59 Å². The summed E-state index contributed by atoms with van der Waals surface area (Å²) in [6.45, 7) is 0. The van der Waals surface area contributed by atoms with E-state index in [0.717, 1.165) is 10.6 Å². The fraction of sp³-hybridized carbons (Fsp3) is 0. The Labute approximate surface area is 74.2 Å². The number of nitrogens with zero attached hydrogens (tertiary/aromatic N) is 1. The number of rotatable bonds is 0. The van der Waals surface area contributed by atoms with Gasteiger partial charge < -0.3 is 0 Å². The summed E-state index contributed by atoms with van der Waals surface area (Å²) in [7, 11) is 1.96. The highest BCUT2D eigenvalue weighted by molar-refractivity contribution is 14.1. The molecular weight excluding hydrogens is 244 g/mol. The normalized spacial score (nSPS) is 9.56. The SMILES string of the molecule is Bc1cc(I)cc(S)n1. The first kappa shape index (κ1) is 7.40. The van der Waals surface area contributed by atoms with Crippen molar-refractivity contribution < 1.29 is 0 Å². The Morgan fingerprint density at radius 2 is 2.22 bits per heavy atom. The number of aromatic nitrogens is 1. The molecule has 0 bridgehead atoms. The molecule has 0 radical (unpaired) electrons. The van der Waals surface area contributed by atoms with Crippen molar-refractivity contribution in [1.29, 1.82) is 0 Å². The highest BCUT2D eigenvalue weighted by atomic mass is 127. The van der Waals surface area contributed by atoms with Gasteiger partial charge in [-0.1, -0.05) is 0 Å². The molecule has 1 aromatic heterocycles. The molecule has 0 aromatic carbocycles. The van der Waals surface area contributed by atoms with Crippen LogP contribution in [-0.2, 0) is 0 Å². The average molecular weight is 249 g/mol. The number of hydrogen-bond donors (Lipinski definition) is 1. The van der Waals surface area contributed by atoms with E-state index in [4.69, 9.17) is 0 Å². The van der Waals surface area contributed by atoms with Gasteiger partial charge in [0.15, 0.2) is 7.85 Å². The molecule has 0 aliphatic rings. The molecule has 0 aliphatic heterocycles. The Balaban J connectivity index is 3.17. The summed E-state index contributed by atoms with van der Waals surface area (Å²) in [6, 6.07) is 3.94. The average Bonchev–Trinajstić information content (AvgIpc) is 1.59. The molecule has 4 heteroatoms. The standard InChI is InChI=1S/C5H5BINS/c6-4-1-3(7)2-5(9)8-4/h1-2H,6H2,(H,8,9). The van der Waals surface area contributed by atoms with Crippen LogP contribution in [0.1, 0.15) is 0 Å². The Kier molecular flexibility index (Phi) is 2.40. The van der Waals surface area contributed by atoms with Crippen LogP contribution in [0.2, 0.25) is 0 Å². The van der Waals surface area contributed by atoms with Crippen LogP contribution >= 0.6 is 35.2 Å². The molecule has 0 aliphatic carbocycles. The van der Waals surface area contributed by atoms with Gasteiger partial charge >= 0.3 is 0 Å². The smallest absolute Gasteiger partial charge is 0.164 e. The zero-order valence-electron chi connectivity index (χ0n) is 4.93. The molecule has 0 atom stereocenters. The van der Waals surface area contributed by atoms with E-state index in [1.54, 1.807) is 0 Å². The van der Waals surface area contributed by atoms with Gasteiger partial charge in [-0.15, -0.1) is 12.6 Å². The molecule has 0 unspecified atom stereocenters. The molecule has 0 fully saturated rings. The lowest BCUT2D eigenvalue weighted by Crippen LogP contribution is -2.07. The molecule has 1 rings (SSSR count). The van der Waals surface area contributed by atoms with Crippen molar-refractivity contribution in [2.24, 2.45) is 0 Å². The second-order valence-electron chi connectivity index (χ2n) is 1.78. The molecule has 1 nitrogen and oxygen atoms in total. The lowest BCUT2D eigenvalue weighted by Gasteiger charge is -1.94. The topological polar surface area (TPSA) is 12.9 Å². The lowest BCUT2D eigenvalue weighted by molar-refractivity contribution is 1.17.